The predicted octanol–water partition coefficient (Wildman–Crippen LogP) is 1.99. The van der Waals surface area contributed by atoms with Gasteiger partial charge in [0.05, 0.1) is 6.42 Å². The van der Waals surface area contributed by atoms with Gasteiger partial charge in [-0.15, -0.1) is 10.2 Å². The van der Waals surface area contributed by atoms with Crippen LogP contribution < -0.4 is 10.6 Å². The highest BCUT2D eigenvalue weighted by Crippen LogP contribution is 2.16. The van der Waals surface area contributed by atoms with E-state index in [0.29, 0.717) is 16.7 Å². The molecule has 2 N–H and O–H groups in total. The molecule has 1 aromatic heterocycles. The molecule has 0 fully saturated rings. The highest BCUT2D eigenvalue weighted by atomic mass is 32.1. The smallest absolute Gasteiger partial charge is 0.228 e. The first-order chi connectivity index (χ1) is 10.5. The number of carbonyl (C=O) groups is 2. The van der Waals surface area contributed by atoms with Gasteiger partial charge in [0.2, 0.25) is 16.9 Å². The zero-order valence-corrected chi connectivity index (χ0v) is 13.3. The highest BCUT2D eigenvalue weighted by Gasteiger charge is 2.13. The van der Waals surface area contributed by atoms with Crippen molar-refractivity contribution in [3.05, 3.63) is 40.9 Å². The Morgan fingerprint density at radius 3 is 2.59 bits per heavy atom. The van der Waals surface area contributed by atoms with E-state index >= 15 is 0 Å². The van der Waals surface area contributed by atoms with E-state index in [1.807, 2.05) is 30.3 Å². The Morgan fingerprint density at radius 1 is 1.18 bits per heavy atom. The molecule has 0 aliphatic carbocycles. The van der Waals surface area contributed by atoms with Crippen LogP contribution in [0, 0.1) is 5.92 Å². The molecule has 0 saturated heterocycles. The van der Waals surface area contributed by atoms with E-state index in [1.54, 1.807) is 13.8 Å². The zero-order chi connectivity index (χ0) is 15.9. The second-order valence-electron chi connectivity index (χ2n) is 5.08. The molecule has 0 bridgehead atoms. The number of nitrogens with one attached hydrogen (secondary N) is 2. The molecule has 0 aliphatic heterocycles. The number of benzene rings is 1. The lowest BCUT2D eigenvalue weighted by atomic mass is 10.2. The highest BCUT2D eigenvalue weighted by molar-refractivity contribution is 7.15. The largest absolute Gasteiger partial charge is 0.352 e. The summed E-state index contributed by atoms with van der Waals surface area (Å²) < 4.78 is 0. The minimum absolute atomic E-state index is 0.115. The van der Waals surface area contributed by atoms with Crippen LogP contribution in [-0.2, 0) is 22.6 Å². The number of nitrogens with zero attached hydrogens (tertiary/aromatic N) is 2. The normalized spacial score (nSPS) is 10.5. The fraction of sp³-hybridized carbons (Fsp3) is 0.333. The van der Waals surface area contributed by atoms with E-state index in [-0.39, 0.29) is 24.2 Å². The first-order valence-electron chi connectivity index (χ1n) is 6.98. The molecule has 0 atom stereocenters. The third-order valence-electron chi connectivity index (χ3n) is 2.87. The van der Waals surface area contributed by atoms with Gasteiger partial charge in [0.15, 0.2) is 0 Å². The van der Waals surface area contributed by atoms with E-state index in [1.165, 1.54) is 11.3 Å². The fourth-order valence-corrected chi connectivity index (χ4v) is 2.36. The van der Waals surface area contributed by atoms with Crippen LogP contribution in [0.2, 0.25) is 0 Å². The molecule has 1 aromatic carbocycles. The summed E-state index contributed by atoms with van der Waals surface area (Å²) in [5.41, 5.74) is 1.04. The van der Waals surface area contributed by atoms with Gasteiger partial charge in [-0.1, -0.05) is 55.5 Å². The molecule has 0 saturated carbocycles. The predicted molar refractivity (Wildman–Crippen MR) is 85.4 cm³/mol. The van der Waals surface area contributed by atoms with Gasteiger partial charge in [-0.05, 0) is 5.56 Å². The van der Waals surface area contributed by atoms with Crippen molar-refractivity contribution in [2.24, 2.45) is 5.92 Å². The Hall–Kier alpha value is -2.28. The molecular formula is C15H18N4O2S. The molecule has 0 aliphatic rings. The van der Waals surface area contributed by atoms with E-state index < -0.39 is 0 Å². The molecule has 2 aromatic rings. The monoisotopic (exact) mass is 318 g/mol. The third-order valence-corrected chi connectivity index (χ3v) is 3.70. The van der Waals surface area contributed by atoms with Gasteiger partial charge in [0.25, 0.3) is 0 Å². The second-order valence-corrected chi connectivity index (χ2v) is 6.15. The van der Waals surface area contributed by atoms with E-state index in [0.717, 1.165) is 5.56 Å². The average molecular weight is 318 g/mol. The number of hydrogen-bond donors (Lipinski definition) is 2. The maximum atomic E-state index is 11.9. The van der Waals surface area contributed by atoms with E-state index in [4.69, 9.17) is 0 Å². The summed E-state index contributed by atoms with van der Waals surface area (Å²) in [7, 11) is 0. The Kier molecular flexibility index (Phi) is 5.60. The summed E-state index contributed by atoms with van der Waals surface area (Å²) in [6.45, 7) is 4.08. The number of anilines is 1. The summed E-state index contributed by atoms with van der Waals surface area (Å²) in [5.74, 6) is -0.362. The third kappa shape index (κ3) is 4.92. The van der Waals surface area contributed by atoms with Crippen molar-refractivity contribution in [1.82, 2.24) is 15.5 Å². The molecule has 0 unspecified atom stereocenters. The maximum absolute atomic E-state index is 11.9. The van der Waals surface area contributed by atoms with Crippen LogP contribution in [0.5, 0.6) is 0 Å². The maximum Gasteiger partial charge on any atom is 0.228 e. The lowest BCUT2D eigenvalue weighted by Gasteiger charge is -2.03. The molecule has 7 heteroatoms. The van der Waals surface area contributed by atoms with Gasteiger partial charge in [-0.3, -0.25) is 9.59 Å². The molecule has 116 valence electrons. The van der Waals surface area contributed by atoms with Gasteiger partial charge in [0.1, 0.15) is 5.01 Å². The quantitative estimate of drug-likeness (QED) is 0.853. The van der Waals surface area contributed by atoms with Crippen molar-refractivity contribution >= 4 is 28.3 Å². The first kappa shape index (κ1) is 16.1. The fourth-order valence-electron chi connectivity index (χ4n) is 1.62. The molecule has 1 heterocycles. The number of hydrogen-bond acceptors (Lipinski definition) is 5. The Labute approximate surface area is 133 Å². The van der Waals surface area contributed by atoms with Crippen molar-refractivity contribution in [3.8, 4) is 0 Å². The zero-order valence-electron chi connectivity index (χ0n) is 12.5. The van der Waals surface area contributed by atoms with Crippen molar-refractivity contribution in [2.45, 2.75) is 26.8 Å². The molecule has 2 amide bonds. The van der Waals surface area contributed by atoms with Crippen molar-refractivity contribution in [2.75, 3.05) is 5.32 Å². The van der Waals surface area contributed by atoms with E-state index in [2.05, 4.69) is 20.8 Å². The van der Waals surface area contributed by atoms with Crippen LogP contribution in [0.25, 0.3) is 0 Å². The van der Waals surface area contributed by atoms with Crippen LogP contribution in [0.4, 0.5) is 5.13 Å². The van der Waals surface area contributed by atoms with Crippen molar-refractivity contribution in [3.63, 3.8) is 0 Å². The molecule has 22 heavy (non-hydrogen) atoms. The molecular weight excluding hydrogens is 300 g/mol. The summed E-state index contributed by atoms with van der Waals surface area (Å²) in [5, 5.41) is 14.3. The van der Waals surface area contributed by atoms with Crippen LogP contribution >= 0.6 is 11.3 Å². The number of amides is 2. The summed E-state index contributed by atoms with van der Waals surface area (Å²) in [6.07, 6.45) is 0.155. The van der Waals surface area contributed by atoms with Gasteiger partial charge in [-0.25, -0.2) is 0 Å². The molecule has 0 spiro atoms. The Bertz CT molecular complexity index is 640. The molecule has 0 radical (unpaired) electrons. The topological polar surface area (TPSA) is 84.0 Å². The summed E-state index contributed by atoms with van der Waals surface area (Å²) in [6, 6.07) is 9.68. The Morgan fingerprint density at radius 2 is 1.91 bits per heavy atom. The first-order valence-corrected chi connectivity index (χ1v) is 7.80. The molecule has 2 rings (SSSR count). The number of carbonyl (C=O) groups excluding carboxylic acids is 2. The van der Waals surface area contributed by atoms with Gasteiger partial charge in [0, 0.05) is 12.5 Å². The second kappa shape index (κ2) is 7.65. The van der Waals surface area contributed by atoms with Crippen LogP contribution in [0.1, 0.15) is 24.4 Å². The van der Waals surface area contributed by atoms with Gasteiger partial charge < -0.3 is 10.6 Å². The van der Waals surface area contributed by atoms with Crippen LogP contribution in [0.3, 0.4) is 0 Å². The van der Waals surface area contributed by atoms with Gasteiger partial charge in [-0.2, -0.15) is 0 Å². The number of aromatic nitrogens is 2. The lowest BCUT2D eigenvalue weighted by molar-refractivity contribution is -0.120. The average Bonchev–Trinajstić information content (AvgIpc) is 2.93. The minimum Gasteiger partial charge on any atom is -0.352 e. The van der Waals surface area contributed by atoms with Crippen molar-refractivity contribution < 1.29 is 9.59 Å². The Balaban J connectivity index is 1.82. The standard InChI is InChI=1S/C15H18N4O2S/c1-10(2)14(21)17-15-19-18-13(22-15)8-12(20)16-9-11-6-4-3-5-7-11/h3-7,10H,8-9H2,1-2H3,(H,16,20)(H,17,19,21). The van der Waals surface area contributed by atoms with Gasteiger partial charge >= 0.3 is 0 Å². The van der Waals surface area contributed by atoms with Crippen molar-refractivity contribution in [1.29, 1.82) is 0 Å². The summed E-state index contributed by atoms with van der Waals surface area (Å²) in [4.78, 5) is 23.4. The number of rotatable bonds is 6. The van der Waals surface area contributed by atoms with Crippen LogP contribution in [-0.4, -0.2) is 22.0 Å². The van der Waals surface area contributed by atoms with E-state index in [9.17, 15) is 9.59 Å². The minimum atomic E-state index is -0.124. The SMILES string of the molecule is CC(C)C(=O)Nc1nnc(CC(=O)NCc2ccccc2)s1. The van der Waals surface area contributed by atoms with Crippen LogP contribution in [0.15, 0.2) is 30.3 Å². The lowest BCUT2D eigenvalue weighted by Crippen LogP contribution is -2.24. The summed E-state index contributed by atoms with van der Waals surface area (Å²) >= 11 is 1.21. The molecule has 6 nitrogen and oxygen atoms in total.